The third-order valence-corrected chi connectivity index (χ3v) is 5.12. The fourth-order valence-corrected chi connectivity index (χ4v) is 3.87. The first kappa shape index (κ1) is 17.9. The highest BCUT2D eigenvalue weighted by atomic mass is 16.5. The van der Waals surface area contributed by atoms with Gasteiger partial charge in [0.25, 0.3) is 0 Å². The first-order valence-electron chi connectivity index (χ1n) is 9.07. The van der Waals surface area contributed by atoms with E-state index in [2.05, 4.69) is 31.6 Å². The van der Waals surface area contributed by atoms with Gasteiger partial charge in [0.1, 0.15) is 17.4 Å². The van der Waals surface area contributed by atoms with Crippen LogP contribution in [0.25, 0.3) is 0 Å². The van der Waals surface area contributed by atoms with E-state index in [0.717, 1.165) is 60.4 Å². The summed E-state index contributed by atoms with van der Waals surface area (Å²) in [5.41, 5.74) is 3.38. The Morgan fingerprint density at radius 3 is 2.72 bits per heavy atom. The van der Waals surface area contributed by atoms with Crippen molar-refractivity contribution in [3.63, 3.8) is 0 Å². The quantitative estimate of drug-likeness (QED) is 0.835. The molecule has 0 unspecified atom stereocenters. The van der Waals surface area contributed by atoms with Crippen LogP contribution in [0.5, 0.6) is 5.75 Å². The van der Waals surface area contributed by atoms with E-state index in [4.69, 9.17) is 4.74 Å². The smallest absolute Gasteiger partial charge is 0.147 e. The summed E-state index contributed by atoms with van der Waals surface area (Å²) in [6.45, 7) is 12.2. The van der Waals surface area contributed by atoms with Crippen molar-refractivity contribution >= 4 is 0 Å². The van der Waals surface area contributed by atoms with Crippen molar-refractivity contribution < 1.29 is 4.74 Å². The second-order valence-corrected chi connectivity index (χ2v) is 7.18. The Bertz CT molecular complexity index is 740. The lowest BCUT2D eigenvalue weighted by molar-refractivity contribution is 0.150. The molecule has 6 nitrogen and oxygen atoms in total. The minimum atomic E-state index is 0.612. The summed E-state index contributed by atoms with van der Waals surface area (Å²) in [5.74, 6) is 3.45. The maximum atomic E-state index is 5.54. The number of rotatable bonds is 5. The van der Waals surface area contributed by atoms with Crippen molar-refractivity contribution in [2.24, 2.45) is 5.92 Å². The van der Waals surface area contributed by atoms with Gasteiger partial charge < -0.3 is 4.74 Å². The van der Waals surface area contributed by atoms with Crippen molar-refractivity contribution in [1.82, 2.24) is 24.6 Å². The van der Waals surface area contributed by atoms with Gasteiger partial charge in [-0.1, -0.05) is 0 Å². The number of nitrogens with zero attached hydrogens (tertiary/aromatic N) is 5. The molecule has 0 radical (unpaired) electrons. The SMILES string of the molecule is COc1c(C)cnc(CN2CCC[C@@H](Cn3nc(C)nc3C)C2)c1C. The van der Waals surface area contributed by atoms with Gasteiger partial charge in [0.15, 0.2) is 0 Å². The Kier molecular flexibility index (Phi) is 5.37. The monoisotopic (exact) mass is 343 g/mol. The summed E-state index contributed by atoms with van der Waals surface area (Å²) in [4.78, 5) is 11.6. The van der Waals surface area contributed by atoms with Gasteiger partial charge >= 0.3 is 0 Å². The third-order valence-electron chi connectivity index (χ3n) is 5.12. The number of hydrogen-bond acceptors (Lipinski definition) is 5. The van der Waals surface area contributed by atoms with E-state index in [1.165, 1.54) is 12.8 Å². The normalized spacial score (nSPS) is 18.5. The van der Waals surface area contributed by atoms with Crippen LogP contribution in [-0.2, 0) is 13.1 Å². The van der Waals surface area contributed by atoms with Crippen LogP contribution in [-0.4, -0.2) is 44.8 Å². The van der Waals surface area contributed by atoms with Gasteiger partial charge in [-0.2, -0.15) is 5.10 Å². The van der Waals surface area contributed by atoms with E-state index in [-0.39, 0.29) is 0 Å². The molecule has 3 rings (SSSR count). The number of likely N-dealkylation sites (tertiary alicyclic amines) is 1. The third kappa shape index (κ3) is 4.00. The summed E-state index contributed by atoms with van der Waals surface area (Å²) in [7, 11) is 1.73. The number of methoxy groups -OCH3 is 1. The fourth-order valence-electron chi connectivity index (χ4n) is 3.87. The van der Waals surface area contributed by atoms with Crippen molar-refractivity contribution in [1.29, 1.82) is 0 Å². The van der Waals surface area contributed by atoms with E-state index in [9.17, 15) is 0 Å². The average Bonchev–Trinajstić information content (AvgIpc) is 2.88. The van der Waals surface area contributed by atoms with Gasteiger partial charge in [-0.05, 0) is 53.0 Å². The van der Waals surface area contributed by atoms with Crippen LogP contribution in [0.1, 0.15) is 41.3 Å². The van der Waals surface area contributed by atoms with Crippen LogP contribution in [0.3, 0.4) is 0 Å². The lowest BCUT2D eigenvalue weighted by Gasteiger charge is -2.33. The molecule has 25 heavy (non-hydrogen) atoms. The second kappa shape index (κ2) is 7.52. The molecule has 2 aromatic heterocycles. The van der Waals surface area contributed by atoms with E-state index >= 15 is 0 Å². The summed E-state index contributed by atoms with van der Waals surface area (Å²) < 4.78 is 7.60. The van der Waals surface area contributed by atoms with Crippen LogP contribution in [0.4, 0.5) is 0 Å². The predicted octanol–water partition coefficient (Wildman–Crippen LogP) is 2.83. The van der Waals surface area contributed by atoms with E-state index in [1.807, 2.05) is 27.0 Å². The molecular weight excluding hydrogens is 314 g/mol. The molecule has 1 aliphatic rings. The molecule has 2 aromatic rings. The highest BCUT2D eigenvalue weighted by Gasteiger charge is 2.23. The zero-order chi connectivity index (χ0) is 18.0. The maximum Gasteiger partial charge on any atom is 0.147 e. The van der Waals surface area contributed by atoms with Crippen molar-refractivity contribution in [2.45, 2.75) is 53.6 Å². The van der Waals surface area contributed by atoms with Gasteiger partial charge in [-0.25, -0.2) is 9.67 Å². The minimum absolute atomic E-state index is 0.612. The Morgan fingerprint density at radius 1 is 1.24 bits per heavy atom. The minimum Gasteiger partial charge on any atom is -0.496 e. The number of pyridine rings is 1. The summed E-state index contributed by atoms with van der Waals surface area (Å²) in [5, 5.41) is 4.52. The average molecular weight is 343 g/mol. The number of piperidine rings is 1. The highest BCUT2D eigenvalue weighted by Crippen LogP contribution is 2.26. The number of hydrogen-bond donors (Lipinski definition) is 0. The molecule has 0 N–H and O–H groups in total. The molecule has 0 bridgehead atoms. The first-order chi connectivity index (χ1) is 12.0. The van der Waals surface area contributed by atoms with E-state index in [1.54, 1.807) is 7.11 Å². The summed E-state index contributed by atoms with van der Waals surface area (Å²) in [6.07, 6.45) is 4.39. The number of aryl methyl sites for hydroxylation is 3. The Hall–Kier alpha value is -1.95. The standard InChI is InChI=1S/C19H29N5O/c1-13-9-20-18(14(2)19(13)25-5)12-23-8-6-7-17(10-23)11-24-16(4)21-15(3)22-24/h9,17H,6-8,10-12H2,1-5H3/t17-/m1/s1. The topological polar surface area (TPSA) is 56.1 Å². The van der Waals surface area contributed by atoms with Gasteiger partial charge in [-0.3, -0.25) is 9.88 Å². The maximum absolute atomic E-state index is 5.54. The van der Waals surface area contributed by atoms with Crippen LogP contribution in [0.15, 0.2) is 6.20 Å². The zero-order valence-electron chi connectivity index (χ0n) is 16.0. The molecule has 0 aliphatic carbocycles. The molecule has 1 saturated heterocycles. The number of aromatic nitrogens is 4. The molecule has 0 amide bonds. The van der Waals surface area contributed by atoms with Crippen LogP contribution < -0.4 is 4.74 Å². The van der Waals surface area contributed by atoms with Crippen LogP contribution in [0.2, 0.25) is 0 Å². The van der Waals surface area contributed by atoms with Gasteiger partial charge in [0.05, 0.1) is 12.8 Å². The van der Waals surface area contributed by atoms with Gasteiger partial charge in [0, 0.05) is 37.0 Å². The van der Waals surface area contributed by atoms with Crippen molar-refractivity contribution in [3.05, 3.63) is 34.7 Å². The molecule has 1 atom stereocenters. The highest BCUT2D eigenvalue weighted by molar-refractivity contribution is 5.41. The predicted molar refractivity (Wildman–Crippen MR) is 97.8 cm³/mol. The van der Waals surface area contributed by atoms with Crippen molar-refractivity contribution in [3.8, 4) is 5.75 Å². The van der Waals surface area contributed by atoms with E-state index in [0.29, 0.717) is 5.92 Å². The molecule has 1 fully saturated rings. The van der Waals surface area contributed by atoms with Crippen molar-refractivity contribution in [2.75, 3.05) is 20.2 Å². The molecule has 1 aliphatic heterocycles. The molecule has 0 aromatic carbocycles. The zero-order valence-corrected chi connectivity index (χ0v) is 16.0. The fraction of sp³-hybridized carbons (Fsp3) is 0.632. The Morgan fingerprint density at radius 2 is 2.04 bits per heavy atom. The molecule has 0 spiro atoms. The summed E-state index contributed by atoms with van der Waals surface area (Å²) in [6, 6.07) is 0. The van der Waals surface area contributed by atoms with Gasteiger partial charge in [0.2, 0.25) is 0 Å². The Balaban J connectivity index is 1.67. The van der Waals surface area contributed by atoms with Crippen LogP contribution in [0, 0.1) is 33.6 Å². The lowest BCUT2D eigenvalue weighted by Crippen LogP contribution is -2.37. The second-order valence-electron chi connectivity index (χ2n) is 7.18. The number of ether oxygens (including phenoxy) is 1. The Labute approximate surface area is 150 Å². The molecule has 6 heteroatoms. The first-order valence-corrected chi connectivity index (χ1v) is 9.07. The summed E-state index contributed by atoms with van der Waals surface area (Å²) >= 11 is 0. The van der Waals surface area contributed by atoms with E-state index < -0.39 is 0 Å². The largest absolute Gasteiger partial charge is 0.496 e. The van der Waals surface area contributed by atoms with Gasteiger partial charge in [-0.15, -0.1) is 0 Å². The molecule has 136 valence electrons. The van der Waals surface area contributed by atoms with Crippen LogP contribution >= 0.6 is 0 Å². The molecule has 3 heterocycles. The lowest BCUT2D eigenvalue weighted by atomic mass is 9.97. The molecular formula is C19H29N5O. The molecule has 0 saturated carbocycles.